The number of benzene rings is 3. The number of nitrogens with zero attached hydrogens (tertiary/aromatic N) is 1. The molecule has 0 saturated carbocycles. The molecule has 212 valence electrons. The number of anilines is 2. The topological polar surface area (TPSA) is 76.7 Å². The van der Waals surface area contributed by atoms with Crippen LogP contribution in [0.25, 0.3) is 0 Å². The molecule has 0 aliphatic carbocycles. The summed E-state index contributed by atoms with van der Waals surface area (Å²) in [5.74, 6) is -0.565. The minimum Gasteiger partial charge on any atom is -0.371 e. The lowest BCUT2D eigenvalue weighted by Gasteiger charge is -2.32. The molecule has 0 saturated heterocycles. The summed E-state index contributed by atoms with van der Waals surface area (Å²) in [4.78, 5) is 26.7. The van der Waals surface area contributed by atoms with Crippen LogP contribution in [-0.2, 0) is 28.1 Å². The van der Waals surface area contributed by atoms with Gasteiger partial charge in [-0.25, -0.2) is 0 Å². The monoisotopic (exact) mass is 564 g/mol. The van der Waals surface area contributed by atoms with Gasteiger partial charge in [0.15, 0.2) is 6.00 Å². The Morgan fingerprint density at radius 3 is 1.68 bits per heavy atom. The van der Waals surface area contributed by atoms with Gasteiger partial charge in [-0.1, -0.05) is 56.6 Å². The molecule has 2 amide bonds. The van der Waals surface area contributed by atoms with Gasteiger partial charge in [0.25, 0.3) is 11.8 Å². The highest BCUT2D eigenvalue weighted by Crippen LogP contribution is 2.26. The first-order valence-electron chi connectivity index (χ1n) is 13.6. The lowest BCUT2D eigenvalue weighted by molar-refractivity contribution is -0.899. The number of hydrogen-bond donors (Lipinski definition) is 2. The minimum atomic E-state index is -0.283. The molecule has 8 heteroatoms. The number of fused-ring (bicyclic) bond motifs is 6. The molecule has 0 spiro atoms. The van der Waals surface area contributed by atoms with Crippen LogP contribution in [0.1, 0.15) is 58.2 Å². The number of rotatable bonds is 1. The van der Waals surface area contributed by atoms with Gasteiger partial charge in [-0.2, -0.15) is 0 Å². The van der Waals surface area contributed by atoms with E-state index in [-0.39, 0.29) is 17.2 Å². The van der Waals surface area contributed by atoms with Gasteiger partial charge in [-0.3, -0.25) is 9.59 Å². The summed E-state index contributed by atoms with van der Waals surface area (Å²) in [6, 6.07) is 21.0. The normalized spacial score (nSPS) is 17.1. The van der Waals surface area contributed by atoms with E-state index in [9.17, 15) is 9.59 Å². The lowest BCUT2D eigenvalue weighted by Crippen LogP contribution is -2.47. The van der Waals surface area contributed by atoms with E-state index >= 15 is 0 Å². The van der Waals surface area contributed by atoms with E-state index in [0.717, 1.165) is 29.8 Å². The molecule has 1 aliphatic rings. The molecular weight excluding hydrogens is 526 g/mol. The molecule has 0 fully saturated rings. The van der Waals surface area contributed by atoms with Gasteiger partial charge >= 0.3 is 0 Å². The molecule has 0 unspecified atom stereocenters. The number of amides is 2. The predicted molar refractivity (Wildman–Crippen MR) is 160 cm³/mol. The molecule has 3 aromatic carbocycles. The van der Waals surface area contributed by atoms with Gasteiger partial charge in [-0.15, -0.1) is 0 Å². The van der Waals surface area contributed by atoms with Crippen molar-refractivity contribution in [3.05, 3.63) is 94.5 Å². The fourth-order valence-corrected chi connectivity index (χ4v) is 4.63. The van der Waals surface area contributed by atoms with Gasteiger partial charge < -0.3 is 24.6 Å². The Bertz CT molecular complexity index is 1260. The highest BCUT2D eigenvalue weighted by molar-refractivity contribution is 6.17. The molecule has 6 bridgehead atoms. The molecule has 0 aromatic heterocycles. The summed E-state index contributed by atoms with van der Waals surface area (Å²) in [5, 5.41) is 5.98. The van der Waals surface area contributed by atoms with Crippen LogP contribution in [0.5, 0.6) is 0 Å². The number of alkyl halides is 1. The first kappa shape index (κ1) is 29.7. The zero-order valence-corrected chi connectivity index (χ0v) is 24.5. The average Bonchev–Trinajstić information content (AvgIpc) is 2.93. The summed E-state index contributed by atoms with van der Waals surface area (Å²) in [6.45, 7) is 9.60. The Labute approximate surface area is 242 Å². The highest BCUT2D eigenvalue weighted by Gasteiger charge is 2.22. The summed E-state index contributed by atoms with van der Waals surface area (Å²) in [5.41, 5.74) is 4.70. The van der Waals surface area contributed by atoms with Crippen molar-refractivity contribution in [1.82, 2.24) is 0 Å². The van der Waals surface area contributed by atoms with Crippen molar-refractivity contribution in [3.8, 4) is 0 Å². The number of halogens is 1. The minimum absolute atomic E-state index is 0.261. The van der Waals surface area contributed by atoms with E-state index in [2.05, 4.69) is 38.5 Å². The van der Waals surface area contributed by atoms with E-state index in [1.54, 1.807) is 6.07 Å². The maximum atomic E-state index is 13.4. The third kappa shape index (κ3) is 8.15. The van der Waals surface area contributed by atoms with E-state index in [4.69, 9.17) is 21.1 Å². The van der Waals surface area contributed by atoms with E-state index < -0.39 is 0 Å². The fourth-order valence-electron chi connectivity index (χ4n) is 4.39. The Morgan fingerprint density at radius 2 is 1.25 bits per heavy atom. The van der Waals surface area contributed by atoms with Crippen LogP contribution in [0, 0.1) is 0 Å². The number of hydrogen-bond acceptors (Lipinski definition) is 4. The first-order valence-corrected chi connectivity index (χ1v) is 14.1. The summed E-state index contributed by atoms with van der Waals surface area (Å²) in [6.07, 6.45) is 0. The van der Waals surface area contributed by atoms with Crippen molar-refractivity contribution < 1.29 is 23.5 Å². The fraction of sp³-hybridized carbons (Fsp3) is 0.375. The SMILES string of the molecule is CC(C)(C)c1cc2cc(c1)C(=O)Nc1cccc(c1)COCC[N+](C)(CCl)CCOCc1cccc(c1)NC2=O. The van der Waals surface area contributed by atoms with Crippen molar-refractivity contribution in [1.29, 1.82) is 0 Å². The van der Waals surface area contributed by atoms with Gasteiger partial charge in [0.1, 0.15) is 13.1 Å². The van der Waals surface area contributed by atoms with Crippen molar-refractivity contribution in [2.75, 3.05) is 50.0 Å². The van der Waals surface area contributed by atoms with Gasteiger partial charge in [-0.05, 0) is 64.6 Å². The third-order valence-corrected chi connectivity index (χ3v) is 7.65. The van der Waals surface area contributed by atoms with Crippen LogP contribution in [-0.4, -0.2) is 55.7 Å². The lowest BCUT2D eigenvalue weighted by atomic mass is 9.85. The molecule has 1 aliphatic heterocycles. The molecular formula is C32H39ClN3O4+. The number of carbonyl (C=O) groups excluding carboxylic acids is 2. The van der Waals surface area contributed by atoms with E-state index in [0.29, 0.717) is 59.4 Å². The summed E-state index contributed by atoms with van der Waals surface area (Å²) < 4.78 is 12.5. The van der Waals surface area contributed by atoms with Crippen LogP contribution in [0.3, 0.4) is 0 Å². The summed E-state index contributed by atoms with van der Waals surface area (Å²) in [7, 11) is 2.09. The second kappa shape index (κ2) is 13.0. The van der Waals surface area contributed by atoms with Gasteiger partial charge in [0.05, 0.1) is 33.5 Å². The molecule has 0 atom stereocenters. The van der Waals surface area contributed by atoms with Crippen LogP contribution < -0.4 is 10.6 Å². The van der Waals surface area contributed by atoms with E-state index in [1.807, 2.05) is 60.7 Å². The van der Waals surface area contributed by atoms with Crippen LogP contribution in [0.2, 0.25) is 0 Å². The maximum Gasteiger partial charge on any atom is 0.255 e. The van der Waals surface area contributed by atoms with Crippen molar-refractivity contribution in [2.45, 2.75) is 39.4 Å². The van der Waals surface area contributed by atoms with Crippen LogP contribution in [0.4, 0.5) is 11.4 Å². The number of carbonyl (C=O) groups is 2. The Morgan fingerprint density at radius 1 is 0.775 bits per heavy atom. The van der Waals surface area contributed by atoms with Crippen molar-refractivity contribution in [2.24, 2.45) is 0 Å². The predicted octanol–water partition coefficient (Wildman–Crippen LogP) is 6.18. The summed E-state index contributed by atoms with van der Waals surface area (Å²) >= 11 is 6.30. The van der Waals surface area contributed by atoms with Crippen LogP contribution >= 0.6 is 11.6 Å². The second-order valence-electron chi connectivity index (χ2n) is 11.6. The zero-order valence-electron chi connectivity index (χ0n) is 23.8. The zero-order chi connectivity index (χ0) is 28.8. The number of likely N-dealkylation sites (N-methyl/N-ethyl adjacent to an activating group) is 1. The number of quaternary nitrogens is 1. The molecule has 2 N–H and O–H groups in total. The highest BCUT2D eigenvalue weighted by atomic mass is 35.5. The Hall–Kier alpha value is -3.23. The standard InChI is InChI=1S/C32H38ClN3O4/c1-32(2,3)27-18-25-17-26(19-27)31(38)35-29-10-6-8-24(16-29)21-40-14-12-36(4,22-33)11-13-39-20-23-7-5-9-28(15-23)34-30(25)37/h5-10,15-19H,11-14,20-22H2,1-4H3,(H-,34,35,37,38)/p+1. The Kier molecular flexibility index (Phi) is 9.64. The van der Waals surface area contributed by atoms with Gasteiger partial charge in [0, 0.05) is 22.5 Å². The van der Waals surface area contributed by atoms with E-state index in [1.165, 1.54) is 0 Å². The van der Waals surface area contributed by atoms with Crippen molar-refractivity contribution in [3.63, 3.8) is 0 Å². The van der Waals surface area contributed by atoms with Crippen molar-refractivity contribution >= 4 is 34.8 Å². The second-order valence-corrected chi connectivity index (χ2v) is 11.9. The molecule has 4 rings (SSSR count). The molecule has 3 aromatic rings. The van der Waals surface area contributed by atoms with Gasteiger partial charge in [0.2, 0.25) is 0 Å². The largest absolute Gasteiger partial charge is 0.371 e. The number of nitrogens with one attached hydrogen (secondary N) is 2. The molecule has 7 nitrogen and oxygen atoms in total. The first-order chi connectivity index (χ1) is 19.0. The van der Waals surface area contributed by atoms with Crippen LogP contribution in [0.15, 0.2) is 66.7 Å². The maximum absolute atomic E-state index is 13.4. The molecule has 1 heterocycles. The Balaban J connectivity index is 1.66. The third-order valence-electron chi connectivity index (χ3n) is 7.07. The average molecular weight is 565 g/mol. The molecule has 0 radical (unpaired) electrons. The number of ether oxygens (including phenoxy) is 2. The quantitative estimate of drug-likeness (QED) is 0.210. The molecule has 40 heavy (non-hydrogen) atoms. The smallest absolute Gasteiger partial charge is 0.255 e.